The molecule has 7 heteroatoms. The van der Waals surface area contributed by atoms with Crippen LogP contribution in [0.15, 0.2) is 12.4 Å². The summed E-state index contributed by atoms with van der Waals surface area (Å²) in [5.41, 5.74) is 0. The van der Waals surface area contributed by atoms with Gasteiger partial charge in [0.1, 0.15) is 5.82 Å². The van der Waals surface area contributed by atoms with Crippen molar-refractivity contribution >= 4 is 12.0 Å². The predicted octanol–water partition coefficient (Wildman–Crippen LogP) is 1.14. The molecule has 1 aliphatic rings. The number of carbonyl (C=O) groups excluding carboxylic acids is 1. The van der Waals surface area contributed by atoms with Gasteiger partial charge in [0, 0.05) is 31.9 Å². The lowest BCUT2D eigenvalue weighted by Gasteiger charge is -2.16. The van der Waals surface area contributed by atoms with E-state index in [4.69, 9.17) is 5.11 Å². The molecule has 0 radical (unpaired) electrons. The van der Waals surface area contributed by atoms with Crippen molar-refractivity contribution < 1.29 is 14.7 Å². The Morgan fingerprint density at radius 2 is 2.24 bits per heavy atom. The number of rotatable bonds is 7. The van der Waals surface area contributed by atoms with Gasteiger partial charge in [-0.05, 0) is 25.2 Å². The van der Waals surface area contributed by atoms with Crippen LogP contribution in [0.5, 0.6) is 0 Å². The van der Waals surface area contributed by atoms with E-state index >= 15 is 0 Å². The van der Waals surface area contributed by atoms with Gasteiger partial charge in [-0.1, -0.05) is 6.42 Å². The smallest absolute Gasteiger partial charge is 0.314 e. The van der Waals surface area contributed by atoms with Crippen molar-refractivity contribution in [3.63, 3.8) is 0 Å². The van der Waals surface area contributed by atoms with Crippen LogP contribution < -0.4 is 10.6 Å². The molecule has 1 aromatic heterocycles. The number of aromatic amines is 1. The lowest BCUT2D eigenvalue weighted by atomic mass is 9.96. The summed E-state index contributed by atoms with van der Waals surface area (Å²) in [5, 5.41) is 14.6. The Morgan fingerprint density at radius 1 is 1.38 bits per heavy atom. The van der Waals surface area contributed by atoms with Gasteiger partial charge < -0.3 is 20.7 Å². The number of nitrogens with zero attached hydrogens (tertiary/aromatic N) is 1. The molecule has 1 heterocycles. The first-order chi connectivity index (χ1) is 10.2. The first-order valence-corrected chi connectivity index (χ1v) is 7.39. The number of carboxylic acids is 1. The quantitative estimate of drug-likeness (QED) is 0.566. The van der Waals surface area contributed by atoms with Gasteiger partial charge in [0.2, 0.25) is 0 Å². The molecule has 2 atom stereocenters. The highest BCUT2D eigenvalue weighted by atomic mass is 16.4. The highest BCUT2D eigenvalue weighted by Crippen LogP contribution is 2.31. The molecule has 1 fully saturated rings. The highest BCUT2D eigenvalue weighted by Gasteiger charge is 2.32. The van der Waals surface area contributed by atoms with Crippen molar-refractivity contribution in [2.45, 2.75) is 32.1 Å². The summed E-state index contributed by atoms with van der Waals surface area (Å²) in [6.45, 7) is 1.00. The van der Waals surface area contributed by atoms with E-state index < -0.39 is 5.97 Å². The Hall–Kier alpha value is -2.05. The lowest BCUT2D eigenvalue weighted by molar-refractivity contribution is -0.142. The van der Waals surface area contributed by atoms with E-state index in [0.717, 1.165) is 31.5 Å². The third-order valence-electron chi connectivity index (χ3n) is 3.93. The third-order valence-corrected chi connectivity index (χ3v) is 3.93. The summed E-state index contributed by atoms with van der Waals surface area (Å²) < 4.78 is 0. The number of aromatic nitrogens is 2. The zero-order valence-corrected chi connectivity index (χ0v) is 12.0. The fraction of sp³-hybridized carbons (Fsp3) is 0.643. The van der Waals surface area contributed by atoms with Crippen LogP contribution in [0.2, 0.25) is 0 Å². The van der Waals surface area contributed by atoms with Crippen LogP contribution in [0.25, 0.3) is 0 Å². The topological polar surface area (TPSA) is 107 Å². The Morgan fingerprint density at radius 3 is 2.95 bits per heavy atom. The first kappa shape index (κ1) is 15.3. The molecule has 0 aromatic carbocycles. The van der Waals surface area contributed by atoms with Gasteiger partial charge in [0.05, 0.1) is 5.92 Å². The van der Waals surface area contributed by atoms with Crippen molar-refractivity contribution in [2.24, 2.45) is 11.8 Å². The molecule has 0 bridgehead atoms. The van der Waals surface area contributed by atoms with E-state index in [9.17, 15) is 9.59 Å². The zero-order valence-electron chi connectivity index (χ0n) is 12.0. The summed E-state index contributed by atoms with van der Waals surface area (Å²) in [6, 6.07) is -0.231. The van der Waals surface area contributed by atoms with E-state index in [0.29, 0.717) is 19.5 Å². The maximum atomic E-state index is 11.6. The van der Waals surface area contributed by atoms with Crippen LogP contribution in [0.3, 0.4) is 0 Å². The zero-order chi connectivity index (χ0) is 15.1. The van der Waals surface area contributed by atoms with Gasteiger partial charge in [0.15, 0.2) is 0 Å². The van der Waals surface area contributed by atoms with E-state index in [-0.39, 0.29) is 17.9 Å². The molecular weight excluding hydrogens is 272 g/mol. The monoisotopic (exact) mass is 294 g/mol. The van der Waals surface area contributed by atoms with Crippen LogP contribution >= 0.6 is 0 Å². The van der Waals surface area contributed by atoms with Gasteiger partial charge in [-0.15, -0.1) is 0 Å². The van der Waals surface area contributed by atoms with Crippen molar-refractivity contribution in [3.8, 4) is 0 Å². The number of hydrogen-bond donors (Lipinski definition) is 4. The van der Waals surface area contributed by atoms with E-state index in [1.165, 1.54) is 0 Å². The molecule has 1 aromatic rings. The highest BCUT2D eigenvalue weighted by molar-refractivity contribution is 5.74. The molecule has 2 rings (SSSR count). The minimum absolute atomic E-state index is 0.0522. The maximum Gasteiger partial charge on any atom is 0.314 e. The summed E-state index contributed by atoms with van der Waals surface area (Å²) >= 11 is 0. The standard InChI is InChI=1S/C14H22N4O3/c19-13(20)11-4-1-3-10(11)9-18-14(21)17-6-2-5-12-15-7-8-16-12/h7-8,10-11H,1-6,9H2,(H,15,16)(H,19,20)(H2,17,18,21). The second-order valence-corrected chi connectivity index (χ2v) is 5.41. The average molecular weight is 294 g/mol. The second kappa shape index (κ2) is 7.66. The van der Waals surface area contributed by atoms with E-state index in [1.54, 1.807) is 12.4 Å². The molecule has 4 N–H and O–H groups in total. The molecule has 0 aliphatic heterocycles. The number of aliphatic carboxylic acids is 1. The Labute approximate surface area is 123 Å². The molecule has 1 aliphatic carbocycles. The molecule has 0 spiro atoms. The summed E-state index contributed by atoms with van der Waals surface area (Å²) in [7, 11) is 0. The van der Waals surface area contributed by atoms with Crippen molar-refractivity contribution in [1.82, 2.24) is 20.6 Å². The Balaban J connectivity index is 1.58. The summed E-state index contributed by atoms with van der Waals surface area (Å²) in [4.78, 5) is 29.8. The minimum atomic E-state index is -0.752. The molecule has 116 valence electrons. The van der Waals surface area contributed by atoms with Gasteiger partial charge in [-0.25, -0.2) is 9.78 Å². The number of imidazole rings is 1. The Kier molecular flexibility index (Phi) is 5.59. The van der Waals surface area contributed by atoms with E-state index in [2.05, 4.69) is 20.6 Å². The summed E-state index contributed by atoms with van der Waals surface area (Å²) in [5.74, 6) is -0.105. The van der Waals surface area contributed by atoms with Crippen LogP contribution in [0.4, 0.5) is 4.79 Å². The van der Waals surface area contributed by atoms with E-state index in [1.807, 2.05) is 0 Å². The lowest BCUT2D eigenvalue weighted by Crippen LogP contribution is -2.40. The van der Waals surface area contributed by atoms with Crippen molar-refractivity contribution in [3.05, 3.63) is 18.2 Å². The molecular formula is C14H22N4O3. The fourth-order valence-corrected chi connectivity index (χ4v) is 2.79. The number of carboxylic acid groups (broad SMARTS) is 1. The number of carbonyl (C=O) groups is 2. The van der Waals surface area contributed by atoms with Crippen LogP contribution in [-0.2, 0) is 11.2 Å². The molecule has 1 saturated carbocycles. The number of hydrogen-bond acceptors (Lipinski definition) is 3. The molecule has 0 saturated heterocycles. The number of amides is 2. The van der Waals surface area contributed by atoms with Crippen molar-refractivity contribution in [2.75, 3.05) is 13.1 Å². The minimum Gasteiger partial charge on any atom is -0.481 e. The maximum absolute atomic E-state index is 11.6. The van der Waals surface area contributed by atoms with Crippen molar-refractivity contribution in [1.29, 1.82) is 0 Å². The second-order valence-electron chi connectivity index (χ2n) is 5.41. The average Bonchev–Trinajstić information content (AvgIpc) is 3.12. The normalized spacial score (nSPS) is 21.1. The SMILES string of the molecule is O=C(NCCCc1ncc[nH]1)NCC1CCCC1C(=O)O. The van der Waals surface area contributed by atoms with Gasteiger partial charge in [-0.2, -0.15) is 0 Å². The van der Waals surface area contributed by atoms with Crippen LogP contribution in [0.1, 0.15) is 31.5 Å². The predicted molar refractivity (Wildman–Crippen MR) is 76.8 cm³/mol. The number of nitrogens with one attached hydrogen (secondary N) is 3. The number of aryl methyl sites for hydroxylation is 1. The van der Waals surface area contributed by atoms with Gasteiger partial charge in [0.25, 0.3) is 0 Å². The Bertz CT molecular complexity index is 461. The van der Waals surface area contributed by atoms with Crippen LogP contribution in [0, 0.1) is 11.8 Å². The molecule has 7 nitrogen and oxygen atoms in total. The molecule has 2 amide bonds. The largest absolute Gasteiger partial charge is 0.481 e. The van der Waals surface area contributed by atoms with Gasteiger partial charge >= 0.3 is 12.0 Å². The number of urea groups is 1. The molecule has 2 unspecified atom stereocenters. The number of H-pyrrole nitrogens is 1. The van der Waals surface area contributed by atoms with Crippen LogP contribution in [-0.4, -0.2) is 40.2 Å². The first-order valence-electron chi connectivity index (χ1n) is 7.39. The van der Waals surface area contributed by atoms with Gasteiger partial charge in [-0.3, -0.25) is 4.79 Å². The third kappa shape index (κ3) is 4.77. The fourth-order valence-electron chi connectivity index (χ4n) is 2.79. The summed E-state index contributed by atoms with van der Waals surface area (Å²) in [6.07, 6.45) is 7.58. The molecule has 21 heavy (non-hydrogen) atoms.